The quantitative estimate of drug-likeness (QED) is 0.887. The zero-order chi connectivity index (χ0) is 14.0. The van der Waals surface area contributed by atoms with Crippen LogP contribution in [0.5, 0.6) is 0 Å². The van der Waals surface area contributed by atoms with Gasteiger partial charge in [-0.15, -0.1) is 0 Å². The molecular formula is C13H16ClF3N2. The van der Waals surface area contributed by atoms with E-state index in [9.17, 15) is 13.2 Å². The predicted octanol–water partition coefficient (Wildman–Crippen LogP) is 3.90. The molecular weight excluding hydrogens is 277 g/mol. The number of nitrogens with one attached hydrogen (secondary N) is 1. The molecule has 19 heavy (non-hydrogen) atoms. The first-order valence-corrected chi connectivity index (χ1v) is 6.63. The van der Waals surface area contributed by atoms with Crippen molar-refractivity contribution < 1.29 is 13.2 Å². The van der Waals surface area contributed by atoms with Crippen LogP contribution in [0.1, 0.15) is 24.8 Å². The molecule has 3 N–H and O–H groups in total. The van der Waals surface area contributed by atoms with Gasteiger partial charge in [0.15, 0.2) is 0 Å². The van der Waals surface area contributed by atoms with Gasteiger partial charge in [0.2, 0.25) is 0 Å². The molecule has 0 saturated heterocycles. The van der Waals surface area contributed by atoms with Crippen molar-refractivity contribution in [1.82, 2.24) is 0 Å². The molecule has 1 fully saturated rings. The van der Waals surface area contributed by atoms with Crippen molar-refractivity contribution in [2.45, 2.75) is 31.5 Å². The van der Waals surface area contributed by atoms with Crippen molar-refractivity contribution >= 4 is 17.3 Å². The van der Waals surface area contributed by atoms with Crippen LogP contribution in [-0.2, 0) is 6.18 Å². The SMILES string of the molecule is NCC1CCCC1Nc1ccc(Cl)c(C(F)(F)F)c1. The van der Waals surface area contributed by atoms with Crippen molar-refractivity contribution in [1.29, 1.82) is 0 Å². The number of nitrogens with two attached hydrogens (primary N) is 1. The van der Waals surface area contributed by atoms with E-state index < -0.39 is 11.7 Å². The summed E-state index contributed by atoms with van der Waals surface area (Å²) in [6.45, 7) is 0.553. The average molecular weight is 293 g/mol. The number of hydrogen-bond donors (Lipinski definition) is 2. The molecule has 1 saturated carbocycles. The summed E-state index contributed by atoms with van der Waals surface area (Å²) in [4.78, 5) is 0. The maximum Gasteiger partial charge on any atom is 0.417 e. The zero-order valence-corrected chi connectivity index (χ0v) is 11.1. The van der Waals surface area contributed by atoms with Crippen molar-refractivity contribution in [3.05, 3.63) is 28.8 Å². The number of benzene rings is 1. The minimum Gasteiger partial charge on any atom is -0.382 e. The average Bonchev–Trinajstić information content (AvgIpc) is 2.77. The Morgan fingerprint density at radius 3 is 2.68 bits per heavy atom. The van der Waals surface area contributed by atoms with Crippen LogP contribution in [0.3, 0.4) is 0 Å². The molecule has 2 rings (SSSR count). The lowest BCUT2D eigenvalue weighted by Gasteiger charge is -2.21. The molecule has 2 atom stereocenters. The molecule has 2 nitrogen and oxygen atoms in total. The molecule has 1 aromatic carbocycles. The van der Waals surface area contributed by atoms with Gasteiger partial charge in [-0.05, 0) is 43.5 Å². The summed E-state index contributed by atoms with van der Waals surface area (Å²) in [6.07, 6.45) is -1.42. The minimum atomic E-state index is -4.43. The van der Waals surface area contributed by atoms with Crippen LogP contribution >= 0.6 is 11.6 Å². The summed E-state index contributed by atoms with van der Waals surface area (Å²) in [5, 5.41) is 2.87. The fourth-order valence-corrected chi connectivity index (χ4v) is 2.78. The summed E-state index contributed by atoms with van der Waals surface area (Å²) in [7, 11) is 0. The smallest absolute Gasteiger partial charge is 0.382 e. The summed E-state index contributed by atoms with van der Waals surface area (Å²) >= 11 is 5.59. The Labute approximate surface area is 115 Å². The molecule has 1 aliphatic rings. The van der Waals surface area contributed by atoms with Crippen LogP contribution in [-0.4, -0.2) is 12.6 Å². The molecule has 1 aliphatic carbocycles. The lowest BCUT2D eigenvalue weighted by Crippen LogP contribution is -2.29. The van der Waals surface area contributed by atoms with E-state index in [0.29, 0.717) is 18.2 Å². The van der Waals surface area contributed by atoms with Gasteiger partial charge in [-0.2, -0.15) is 13.2 Å². The minimum absolute atomic E-state index is 0.146. The monoisotopic (exact) mass is 292 g/mol. The molecule has 0 amide bonds. The number of rotatable bonds is 3. The first kappa shape index (κ1) is 14.5. The second kappa shape index (κ2) is 5.59. The van der Waals surface area contributed by atoms with E-state index in [4.69, 9.17) is 17.3 Å². The second-order valence-electron chi connectivity index (χ2n) is 4.87. The van der Waals surface area contributed by atoms with Gasteiger partial charge in [0, 0.05) is 11.7 Å². The third-order valence-corrected chi connectivity index (χ3v) is 3.92. The molecule has 0 aromatic heterocycles. The highest BCUT2D eigenvalue weighted by molar-refractivity contribution is 6.31. The van der Waals surface area contributed by atoms with Gasteiger partial charge in [-0.1, -0.05) is 18.0 Å². The van der Waals surface area contributed by atoms with Gasteiger partial charge >= 0.3 is 6.18 Å². The number of anilines is 1. The van der Waals surface area contributed by atoms with E-state index in [0.717, 1.165) is 25.3 Å². The van der Waals surface area contributed by atoms with Gasteiger partial charge in [0.1, 0.15) is 0 Å². The van der Waals surface area contributed by atoms with Gasteiger partial charge in [-0.3, -0.25) is 0 Å². The molecule has 0 radical (unpaired) electrons. The van der Waals surface area contributed by atoms with Crippen molar-refractivity contribution in [3.8, 4) is 0 Å². The Bertz CT molecular complexity index is 448. The van der Waals surface area contributed by atoms with Gasteiger partial charge in [-0.25, -0.2) is 0 Å². The van der Waals surface area contributed by atoms with E-state index >= 15 is 0 Å². The Kier molecular flexibility index (Phi) is 4.26. The maximum atomic E-state index is 12.8. The van der Waals surface area contributed by atoms with Gasteiger partial charge < -0.3 is 11.1 Å². The van der Waals surface area contributed by atoms with Crippen LogP contribution in [0.2, 0.25) is 5.02 Å². The number of alkyl halides is 3. The van der Waals surface area contributed by atoms with Crippen molar-refractivity contribution in [2.24, 2.45) is 11.7 Å². The molecule has 0 spiro atoms. The molecule has 0 aliphatic heterocycles. The van der Waals surface area contributed by atoms with Crippen LogP contribution in [0.4, 0.5) is 18.9 Å². The topological polar surface area (TPSA) is 38.0 Å². The third kappa shape index (κ3) is 3.34. The van der Waals surface area contributed by atoms with Crippen molar-refractivity contribution in [2.75, 3.05) is 11.9 Å². The van der Waals surface area contributed by atoms with Gasteiger partial charge in [0.05, 0.1) is 10.6 Å². The summed E-state index contributed by atoms with van der Waals surface area (Å²) in [5.41, 5.74) is 5.30. The highest BCUT2D eigenvalue weighted by atomic mass is 35.5. The van der Waals surface area contributed by atoms with Crippen LogP contribution in [0.25, 0.3) is 0 Å². The lowest BCUT2D eigenvalue weighted by atomic mass is 10.0. The lowest BCUT2D eigenvalue weighted by molar-refractivity contribution is -0.137. The predicted molar refractivity (Wildman–Crippen MR) is 70.3 cm³/mol. The van der Waals surface area contributed by atoms with Crippen LogP contribution in [0, 0.1) is 5.92 Å². The van der Waals surface area contributed by atoms with E-state index in [1.807, 2.05) is 0 Å². The Morgan fingerprint density at radius 1 is 1.32 bits per heavy atom. The summed E-state index contributed by atoms with van der Waals surface area (Å²) < 4.78 is 38.3. The highest BCUT2D eigenvalue weighted by Crippen LogP contribution is 2.37. The normalized spacial score (nSPS) is 23.6. The van der Waals surface area contributed by atoms with Crippen molar-refractivity contribution in [3.63, 3.8) is 0 Å². The third-order valence-electron chi connectivity index (χ3n) is 3.59. The summed E-state index contributed by atoms with van der Waals surface area (Å²) in [6, 6.07) is 4.06. The molecule has 2 unspecified atom stereocenters. The second-order valence-corrected chi connectivity index (χ2v) is 5.28. The first-order valence-electron chi connectivity index (χ1n) is 6.25. The highest BCUT2D eigenvalue weighted by Gasteiger charge is 2.34. The standard InChI is InChI=1S/C13H16ClF3N2/c14-11-5-4-9(6-10(11)13(15,16)17)19-12-3-1-2-8(12)7-18/h4-6,8,12,19H,1-3,7,18H2. The molecule has 0 bridgehead atoms. The van der Waals surface area contributed by atoms with E-state index in [1.54, 1.807) is 6.07 Å². The van der Waals surface area contributed by atoms with E-state index in [1.165, 1.54) is 6.07 Å². The number of halogens is 4. The Hall–Kier alpha value is -0.940. The van der Waals surface area contributed by atoms with E-state index in [-0.39, 0.29) is 11.1 Å². The van der Waals surface area contributed by atoms with E-state index in [2.05, 4.69) is 5.32 Å². The molecule has 0 heterocycles. The molecule has 6 heteroatoms. The first-order chi connectivity index (χ1) is 8.91. The van der Waals surface area contributed by atoms with Crippen LogP contribution < -0.4 is 11.1 Å². The maximum absolute atomic E-state index is 12.8. The summed E-state index contributed by atoms with van der Waals surface area (Å²) in [5.74, 6) is 0.324. The molecule has 1 aromatic rings. The number of hydrogen-bond acceptors (Lipinski definition) is 2. The molecule has 106 valence electrons. The Morgan fingerprint density at radius 2 is 2.05 bits per heavy atom. The fraction of sp³-hybridized carbons (Fsp3) is 0.538. The fourth-order valence-electron chi connectivity index (χ4n) is 2.56. The van der Waals surface area contributed by atoms with Crippen LogP contribution in [0.15, 0.2) is 18.2 Å². The van der Waals surface area contributed by atoms with Gasteiger partial charge in [0.25, 0.3) is 0 Å². The zero-order valence-electron chi connectivity index (χ0n) is 10.3. The Balaban J connectivity index is 2.17. The largest absolute Gasteiger partial charge is 0.417 e.